The van der Waals surface area contributed by atoms with Gasteiger partial charge in [0.2, 0.25) is 23.6 Å². The van der Waals surface area contributed by atoms with Gasteiger partial charge in [-0.1, -0.05) is 58.0 Å². The zero-order chi connectivity index (χ0) is 26.0. The quantitative estimate of drug-likeness (QED) is 0.216. The van der Waals surface area contributed by atoms with E-state index in [1.807, 2.05) is 0 Å². The lowest BCUT2D eigenvalue weighted by molar-refractivity contribution is -0.143. The molecule has 4 amide bonds. The molecule has 1 aromatic carbocycles. The summed E-state index contributed by atoms with van der Waals surface area (Å²) in [5.74, 6) is -4.75. The Kier molecular flexibility index (Phi) is 11.2. The molecular weight excluding hydrogens is 442 g/mol. The Hall–Kier alpha value is -3.47. The summed E-state index contributed by atoms with van der Waals surface area (Å²) in [4.78, 5) is 61.1. The molecule has 188 valence electrons. The fraction of sp³-hybridized carbons (Fsp3) is 0.522. The van der Waals surface area contributed by atoms with Crippen molar-refractivity contribution in [3.05, 3.63) is 35.9 Å². The number of nitrogens with one attached hydrogen (secondary N) is 3. The fourth-order valence-corrected chi connectivity index (χ4v) is 3.08. The molecular formula is C23H35N5O6. The molecule has 0 saturated carbocycles. The summed E-state index contributed by atoms with van der Waals surface area (Å²) >= 11 is 0. The molecule has 1 aromatic rings. The van der Waals surface area contributed by atoms with Gasteiger partial charge >= 0.3 is 5.97 Å². The molecule has 0 aliphatic carbocycles. The van der Waals surface area contributed by atoms with Crippen LogP contribution >= 0.6 is 0 Å². The van der Waals surface area contributed by atoms with Crippen LogP contribution < -0.4 is 27.4 Å². The van der Waals surface area contributed by atoms with Crippen molar-refractivity contribution in [2.24, 2.45) is 23.3 Å². The van der Waals surface area contributed by atoms with Gasteiger partial charge in [-0.25, -0.2) is 4.79 Å². The van der Waals surface area contributed by atoms with Crippen LogP contribution in [0.5, 0.6) is 0 Å². The summed E-state index contributed by atoms with van der Waals surface area (Å²) < 4.78 is 0. The van der Waals surface area contributed by atoms with Crippen LogP contribution in [0.1, 0.15) is 39.7 Å². The number of primary amides is 1. The lowest BCUT2D eigenvalue weighted by Gasteiger charge is -2.27. The number of amides is 4. The summed E-state index contributed by atoms with van der Waals surface area (Å²) in [7, 11) is 0. The maximum atomic E-state index is 13.1. The van der Waals surface area contributed by atoms with Gasteiger partial charge in [-0.15, -0.1) is 0 Å². The number of nitrogens with two attached hydrogens (primary N) is 2. The van der Waals surface area contributed by atoms with E-state index >= 15 is 0 Å². The van der Waals surface area contributed by atoms with Crippen LogP contribution in [0, 0.1) is 11.8 Å². The van der Waals surface area contributed by atoms with Crippen molar-refractivity contribution in [1.82, 2.24) is 16.0 Å². The highest BCUT2D eigenvalue weighted by atomic mass is 16.4. The number of carboxylic acid groups (broad SMARTS) is 1. The lowest BCUT2D eigenvalue weighted by atomic mass is 9.99. The van der Waals surface area contributed by atoms with Crippen molar-refractivity contribution >= 4 is 29.6 Å². The number of carbonyl (C=O) groups excluding carboxylic acids is 4. The number of carbonyl (C=O) groups is 5. The highest BCUT2D eigenvalue weighted by molar-refractivity contribution is 5.95. The highest BCUT2D eigenvalue weighted by Gasteiger charge is 2.32. The van der Waals surface area contributed by atoms with E-state index in [2.05, 4.69) is 16.0 Å². The average Bonchev–Trinajstić information content (AvgIpc) is 2.75. The second-order valence-corrected chi connectivity index (χ2v) is 8.82. The van der Waals surface area contributed by atoms with Crippen LogP contribution in [0.15, 0.2) is 30.3 Å². The molecule has 11 nitrogen and oxygen atoms in total. The minimum atomic E-state index is -1.55. The van der Waals surface area contributed by atoms with Gasteiger partial charge in [0.25, 0.3) is 0 Å². The highest BCUT2D eigenvalue weighted by Crippen LogP contribution is 2.09. The van der Waals surface area contributed by atoms with Gasteiger partial charge in [0.1, 0.15) is 18.1 Å². The van der Waals surface area contributed by atoms with Crippen molar-refractivity contribution in [2.75, 3.05) is 0 Å². The van der Waals surface area contributed by atoms with E-state index in [1.165, 1.54) is 0 Å². The Morgan fingerprint density at radius 3 is 1.85 bits per heavy atom. The molecule has 0 bridgehead atoms. The third-order valence-electron chi connectivity index (χ3n) is 5.20. The maximum Gasteiger partial charge on any atom is 0.326 e. The van der Waals surface area contributed by atoms with Gasteiger partial charge in [0.05, 0.1) is 12.5 Å². The summed E-state index contributed by atoms with van der Waals surface area (Å²) in [5, 5.41) is 16.8. The zero-order valence-corrected chi connectivity index (χ0v) is 19.9. The van der Waals surface area contributed by atoms with E-state index in [0.717, 1.165) is 0 Å². The first-order valence-corrected chi connectivity index (χ1v) is 11.0. The van der Waals surface area contributed by atoms with Crippen molar-refractivity contribution < 1.29 is 29.1 Å². The number of benzene rings is 1. The van der Waals surface area contributed by atoms with Crippen molar-refractivity contribution in [3.8, 4) is 0 Å². The standard InChI is InChI=1S/C23H35N5O6/c1-12(2)18(25)21(31)28-19(13(3)4)22(32)26-15(10-14-8-6-5-7-9-14)20(30)27-16(23(33)34)11-17(24)29/h5-9,12-13,15-16,18-19H,10-11,25H2,1-4H3,(H2,24,29)(H,26,32)(H,27,30)(H,28,31)(H,33,34). The molecule has 34 heavy (non-hydrogen) atoms. The van der Waals surface area contributed by atoms with Gasteiger partial charge in [-0.2, -0.15) is 0 Å². The zero-order valence-electron chi connectivity index (χ0n) is 19.9. The first-order valence-electron chi connectivity index (χ1n) is 11.0. The minimum absolute atomic E-state index is 0.0472. The third-order valence-corrected chi connectivity index (χ3v) is 5.20. The van der Waals surface area contributed by atoms with Crippen LogP contribution in [0.4, 0.5) is 0 Å². The van der Waals surface area contributed by atoms with Gasteiger partial charge < -0.3 is 32.5 Å². The van der Waals surface area contributed by atoms with Crippen molar-refractivity contribution in [3.63, 3.8) is 0 Å². The smallest absolute Gasteiger partial charge is 0.326 e. The maximum absolute atomic E-state index is 13.1. The van der Waals surface area contributed by atoms with Crippen LogP contribution in [0.2, 0.25) is 0 Å². The van der Waals surface area contributed by atoms with Crippen LogP contribution in [-0.2, 0) is 30.4 Å². The number of hydrogen-bond acceptors (Lipinski definition) is 6. The second-order valence-electron chi connectivity index (χ2n) is 8.82. The van der Waals surface area contributed by atoms with Gasteiger partial charge in [0.15, 0.2) is 0 Å². The van der Waals surface area contributed by atoms with E-state index in [1.54, 1.807) is 58.0 Å². The molecule has 0 saturated heterocycles. The number of carboxylic acids is 1. The normalized spacial score (nSPS) is 14.6. The molecule has 4 atom stereocenters. The Bertz CT molecular complexity index is 874. The molecule has 0 spiro atoms. The molecule has 0 aliphatic rings. The van der Waals surface area contributed by atoms with E-state index in [9.17, 15) is 29.1 Å². The second kappa shape index (κ2) is 13.3. The third kappa shape index (κ3) is 9.18. The summed E-state index contributed by atoms with van der Waals surface area (Å²) in [6.07, 6.45) is -0.559. The summed E-state index contributed by atoms with van der Waals surface area (Å²) in [5.41, 5.74) is 11.7. The van der Waals surface area contributed by atoms with Gasteiger partial charge in [-0.3, -0.25) is 19.2 Å². The predicted octanol–water partition coefficient (Wildman–Crippen LogP) is -0.717. The molecule has 1 rings (SSSR count). The van der Waals surface area contributed by atoms with E-state index < -0.39 is 60.2 Å². The first kappa shape index (κ1) is 28.6. The Balaban J connectivity index is 3.11. The van der Waals surface area contributed by atoms with Crippen LogP contribution in [0.25, 0.3) is 0 Å². The molecule has 4 unspecified atom stereocenters. The number of rotatable bonds is 13. The topological polar surface area (TPSA) is 194 Å². The predicted molar refractivity (Wildman–Crippen MR) is 125 cm³/mol. The average molecular weight is 478 g/mol. The summed E-state index contributed by atoms with van der Waals surface area (Å²) in [6, 6.07) is 4.25. The number of aliphatic carboxylic acids is 1. The van der Waals surface area contributed by atoms with Crippen LogP contribution in [-0.4, -0.2) is 58.9 Å². The van der Waals surface area contributed by atoms with E-state index in [0.29, 0.717) is 5.56 Å². The SMILES string of the molecule is CC(C)C(N)C(=O)NC(C(=O)NC(Cc1ccccc1)C(=O)NC(CC(N)=O)C(=O)O)C(C)C. The van der Waals surface area contributed by atoms with Crippen molar-refractivity contribution in [1.29, 1.82) is 0 Å². The molecule has 0 aromatic heterocycles. The molecule has 11 heteroatoms. The minimum Gasteiger partial charge on any atom is -0.480 e. The van der Waals surface area contributed by atoms with Gasteiger partial charge in [-0.05, 0) is 17.4 Å². The largest absolute Gasteiger partial charge is 0.480 e. The molecule has 8 N–H and O–H groups in total. The van der Waals surface area contributed by atoms with Crippen molar-refractivity contribution in [2.45, 2.75) is 64.7 Å². The Labute approximate surface area is 199 Å². The van der Waals surface area contributed by atoms with E-state index in [4.69, 9.17) is 11.5 Å². The molecule has 0 heterocycles. The molecule has 0 fully saturated rings. The first-order chi connectivity index (χ1) is 15.8. The Morgan fingerprint density at radius 1 is 0.824 bits per heavy atom. The van der Waals surface area contributed by atoms with E-state index in [-0.39, 0.29) is 18.3 Å². The Morgan fingerprint density at radius 2 is 1.38 bits per heavy atom. The lowest BCUT2D eigenvalue weighted by Crippen LogP contribution is -2.59. The monoisotopic (exact) mass is 477 g/mol. The fourth-order valence-electron chi connectivity index (χ4n) is 3.08. The molecule has 0 aliphatic heterocycles. The molecule has 0 radical (unpaired) electrons. The summed E-state index contributed by atoms with van der Waals surface area (Å²) in [6.45, 7) is 7.01. The van der Waals surface area contributed by atoms with Crippen LogP contribution in [0.3, 0.4) is 0 Å². The van der Waals surface area contributed by atoms with Gasteiger partial charge in [0, 0.05) is 6.42 Å². The number of hydrogen-bond donors (Lipinski definition) is 6.